The predicted octanol–water partition coefficient (Wildman–Crippen LogP) is 1.11. The number of carboxylic acids is 1. The minimum absolute atomic E-state index is 0.181. The number of aromatic nitrogens is 2. The molecule has 0 unspecified atom stereocenters. The zero-order valence-corrected chi connectivity index (χ0v) is 10.8. The summed E-state index contributed by atoms with van der Waals surface area (Å²) in [7, 11) is 3.82. The first-order valence-corrected chi connectivity index (χ1v) is 5.44. The van der Waals surface area contributed by atoms with Crippen molar-refractivity contribution in [1.82, 2.24) is 20.0 Å². The van der Waals surface area contributed by atoms with Crippen molar-refractivity contribution in [3.63, 3.8) is 0 Å². The van der Waals surface area contributed by atoms with Crippen LogP contribution in [0.25, 0.3) is 0 Å². The van der Waals surface area contributed by atoms with Gasteiger partial charge in [-0.15, -0.1) is 0 Å². The van der Waals surface area contributed by atoms with Crippen LogP contribution in [0.15, 0.2) is 36.6 Å². The SMILES string of the molecule is C=C(C)N/C=C(/Cn1cc(C(=O)O)cn1)N(C)C. The Kier molecular flexibility index (Phi) is 4.53. The number of nitrogens with one attached hydrogen (secondary N) is 1. The largest absolute Gasteiger partial charge is 0.478 e. The van der Waals surface area contributed by atoms with Gasteiger partial charge in [-0.3, -0.25) is 4.68 Å². The van der Waals surface area contributed by atoms with Gasteiger partial charge >= 0.3 is 5.97 Å². The second kappa shape index (κ2) is 5.90. The Hall–Kier alpha value is -2.24. The first-order chi connectivity index (χ1) is 8.40. The van der Waals surface area contributed by atoms with Crippen molar-refractivity contribution in [3.05, 3.63) is 42.1 Å². The fourth-order valence-electron chi connectivity index (χ4n) is 1.25. The number of hydrogen-bond donors (Lipinski definition) is 2. The molecule has 2 N–H and O–H groups in total. The molecule has 0 amide bonds. The summed E-state index contributed by atoms with van der Waals surface area (Å²) in [5.74, 6) is -0.975. The Morgan fingerprint density at radius 3 is 2.78 bits per heavy atom. The molecule has 0 aromatic carbocycles. The van der Waals surface area contributed by atoms with Gasteiger partial charge in [0.15, 0.2) is 0 Å². The zero-order chi connectivity index (χ0) is 13.7. The fourth-order valence-corrected chi connectivity index (χ4v) is 1.25. The molecular weight excluding hydrogens is 232 g/mol. The molecule has 6 nitrogen and oxygen atoms in total. The smallest absolute Gasteiger partial charge is 0.338 e. The summed E-state index contributed by atoms with van der Waals surface area (Å²) in [5, 5.41) is 15.8. The van der Waals surface area contributed by atoms with Crippen LogP contribution < -0.4 is 5.32 Å². The Morgan fingerprint density at radius 2 is 2.33 bits per heavy atom. The van der Waals surface area contributed by atoms with E-state index in [2.05, 4.69) is 17.0 Å². The molecule has 98 valence electrons. The van der Waals surface area contributed by atoms with Gasteiger partial charge in [0.1, 0.15) is 0 Å². The molecule has 0 saturated carbocycles. The van der Waals surface area contributed by atoms with Gasteiger partial charge in [-0.2, -0.15) is 5.10 Å². The first kappa shape index (κ1) is 13.8. The standard InChI is InChI=1S/C12H18N4O2/c1-9(2)13-6-11(15(3)4)8-16-7-10(5-14-16)12(17)18/h5-7,13H,1,8H2,2-4H3,(H,17,18)/b11-6-. The summed E-state index contributed by atoms with van der Waals surface area (Å²) in [6.45, 7) is 6.09. The monoisotopic (exact) mass is 250 g/mol. The molecule has 6 heteroatoms. The van der Waals surface area contributed by atoms with Crippen molar-refractivity contribution in [2.75, 3.05) is 14.1 Å². The van der Waals surface area contributed by atoms with E-state index < -0.39 is 5.97 Å². The van der Waals surface area contributed by atoms with Crippen molar-refractivity contribution in [2.45, 2.75) is 13.5 Å². The number of allylic oxidation sites excluding steroid dienone is 2. The van der Waals surface area contributed by atoms with Crippen LogP contribution in [-0.4, -0.2) is 39.9 Å². The number of carboxylic acid groups (broad SMARTS) is 1. The van der Waals surface area contributed by atoms with E-state index in [-0.39, 0.29) is 5.56 Å². The number of likely N-dealkylation sites (N-methyl/N-ethyl adjacent to an activating group) is 1. The van der Waals surface area contributed by atoms with E-state index in [1.54, 1.807) is 4.68 Å². The van der Waals surface area contributed by atoms with Crippen molar-refractivity contribution >= 4 is 5.97 Å². The number of rotatable bonds is 6. The molecule has 1 rings (SSSR count). The predicted molar refractivity (Wildman–Crippen MR) is 68.9 cm³/mol. The molecule has 0 fully saturated rings. The van der Waals surface area contributed by atoms with Gasteiger partial charge < -0.3 is 15.3 Å². The van der Waals surface area contributed by atoms with E-state index in [1.165, 1.54) is 12.4 Å². The summed E-state index contributed by atoms with van der Waals surface area (Å²) in [6, 6.07) is 0. The molecule has 0 atom stereocenters. The van der Waals surface area contributed by atoms with E-state index in [0.717, 1.165) is 11.4 Å². The summed E-state index contributed by atoms with van der Waals surface area (Å²) in [4.78, 5) is 12.7. The molecule has 0 aliphatic rings. The molecule has 0 aliphatic heterocycles. The number of aromatic carboxylic acids is 1. The molecule has 1 aromatic rings. The van der Waals surface area contributed by atoms with Crippen LogP contribution in [-0.2, 0) is 6.54 Å². The zero-order valence-electron chi connectivity index (χ0n) is 10.8. The van der Waals surface area contributed by atoms with Crippen LogP contribution in [0.1, 0.15) is 17.3 Å². The Balaban J connectivity index is 2.79. The molecule has 0 spiro atoms. The lowest BCUT2D eigenvalue weighted by atomic mass is 10.4. The van der Waals surface area contributed by atoms with Gasteiger partial charge in [0.25, 0.3) is 0 Å². The summed E-state index contributed by atoms with van der Waals surface area (Å²) < 4.78 is 1.58. The van der Waals surface area contributed by atoms with Gasteiger partial charge in [0.05, 0.1) is 24.0 Å². The lowest BCUT2D eigenvalue weighted by Crippen LogP contribution is -2.19. The van der Waals surface area contributed by atoms with Crippen LogP contribution >= 0.6 is 0 Å². The number of nitrogens with zero attached hydrogens (tertiary/aromatic N) is 3. The van der Waals surface area contributed by atoms with Crippen molar-refractivity contribution in [1.29, 1.82) is 0 Å². The van der Waals surface area contributed by atoms with E-state index in [0.29, 0.717) is 6.54 Å². The second-order valence-corrected chi connectivity index (χ2v) is 4.19. The highest BCUT2D eigenvalue weighted by molar-refractivity contribution is 5.86. The normalized spacial score (nSPS) is 11.2. The lowest BCUT2D eigenvalue weighted by molar-refractivity contribution is 0.0697. The molecule has 0 aliphatic carbocycles. The first-order valence-electron chi connectivity index (χ1n) is 5.44. The minimum atomic E-state index is -0.975. The average Bonchev–Trinajstić information content (AvgIpc) is 2.71. The van der Waals surface area contributed by atoms with Crippen LogP contribution in [0.5, 0.6) is 0 Å². The van der Waals surface area contributed by atoms with Crippen LogP contribution in [0, 0.1) is 0 Å². The maximum Gasteiger partial charge on any atom is 0.338 e. The molecule has 18 heavy (non-hydrogen) atoms. The molecule has 0 bridgehead atoms. The number of hydrogen-bond acceptors (Lipinski definition) is 4. The number of carbonyl (C=O) groups is 1. The van der Waals surface area contributed by atoms with Gasteiger partial charge in [-0.05, 0) is 6.92 Å². The van der Waals surface area contributed by atoms with E-state index >= 15 is 0 Å². The quantitative estimate of drug-likeness (QED) is 0.791. The van der Waals surface area contributed by atoms with Crippen LogP contribution in [0.2, 0.25) is 0 Å². The van der Waals surface area contributed by atoms with Gasteiger partial charge in [-0.25, -0.2) is 4.79 Å². The highest BCUT2D eigenvalue weighted by atomic mass is 16.4. The second-order valence-electron chi connectivity index (χ2n) is 4.19. The summed E-state index contributed by atoms with van der Waals surface area (Å²) >= 11 is 0. The lowest BCUT2D eigenvalue weighted by Gasteiger charge is -2.17. The highest BCUT2D eigenvalue weighted by Gasteiger charge is 2.08. The maximum absolute atomic E-state index is 10.7. The van der Waals surface area contributed by atoms with Crippen LogP contribution in [0.4, 0.5) is 0 Å². The van der Waals surface area contributed by atoms with Crippen molar-refractivity contribution < 1.29 is 9.90 Å². The van der Waals surface area contributed by atoms with E-state index in [4.69, 9.17) is 5.11 Å². The third-order valence-electron chi connectivity index (χ3n) is 2.26. The summed E-state index contributed by atoms with van der Waals surface area (Å²) in [6.07, 6.45) is 4.66. The molecule has 1 aromatic heterocycles. The topological polar surface area (TPSA) is 70.4 Å². The molecular formula is C12H18N4O2. The highest BCUT2D eigenvalue weighted by Crippen LogP contribution is 2.04. The van der Waals surface area contributed by atoms with Crippen molar-refractivity contribution in [3.8, 4) is 0 Å². The maximum atomic E-state index is 10.7. The van der Waals surface area contributed by atoms with Crippen molar-refractivity contribution in [2.24, 2.45) is 0 Å². The third kappa shape index (κ3) is 3.97. The average molecular weight is 250 g/mol. The molecule has 1 heterocycles. The van der Waals surface area contributed by atoms with Gasteiger partial charge in [0, 0.05) is 32.2 Å². The molecule has 0 radical (unpaired) electrons. The van der Waals surface area contributed by atoms with E-state index in [1.807, 2.05) is 32.1 Å². The molecule has 0 saturated heterocycles. The Morgan fingerprint density at radius 1 is 1.67 bits per heavy atom. The van der Waals surface area contributed by atoms with Gasteiger partial charge in [0.2, 0.25) is 0 Å². The van der Waals surface area contributed by atoms with Crippen LogP contribution in [0.3, 0.4) is 0 Å². The van der Waals surface area contributed by atoms with E-state index in [9.17, 15) is 4.79 Å². The Labute approximate surface area is 106 Å². The minimum Gasteiger partial charge on any atom is -0.478 e. The third-order valence-corrected chi connectivity index (χ3v) is 2.26. The fraction of sp³-hybridized carbons (Fsp3) is 0.333. The van der Waals surface area contributed by atoms with Gasteiger partial charge in [-0.1, -0.05) is 6.58 Å². The Bertz CT molecular complexity index is 474. The summed E-state index contributed by atoms with van der Waals surface area (Å²) in [5.41, 5.74) is 1.97.